The first-order chi connectivity index (χ1) is 8.85. The lowest BCUT2D eigenvalue weighted by Gasteiger charge is -2.37. The summed E-state index contributed by atoms with van der Waals surface area (Å²) in [6, 6.07) is 4.95. The van der Waals surface area contributed by atoms with Crippen LogP contribution in [0.15, 0.2) is 24.3 Å². The van der Waals surface area contributed by atoms with Crippen LogP contribution >= 0.6 is 0 Å². The Morgan fingerprint density at radius 3 is 2.79 bits per heavy atom. The molecule has 5 heteroatoms. The van der Waals surface area contributed by atoms with E-state index in [2.05, 4.69) is 0 Å². The first-order valence-corrected chi connectivity index (χ1v) is 6.37. The third kappa shape index (κ3) is 3.09. The minimum atomic E-state index is -4.39. The Balaban J connectivity index is 2.30. The summed E-state index contributed by atoms with van der Waals surface area (Å²) in [6.45, 7) is 2.30. The van der Waals surface area contributed by atoms with Crippen LogP contribution in [-0.4, -0.2) is 17.8 Å². The van der Waals surface area contributed by atoms with E-state index in [0.29, 0.717) is 25.0 Å². The van der Waals surface area contributed by atoms with E-state index < -0.39 is 17.3 Å². The maximum Gasteiger partial charge on any atom is 0.416 e. The molecule has 2 unspecified atom stereocenters. The summed E-state index contributed by atoms with van der Waals surface area (Å²) in [5, 5.41) is 10.6. The monoisotopic (exact) mass is 274 g/mol. The smallest absolute Gasteiger partial charge is 0.385 e. The number of hydrogen-bond acceptors (Lipinski definition) is 2. The lowest BCUT2D eigenvalue weighted by Crippen LogP contribution is -2.38. The summed E-state index contributed by atoms with van der Waals surface area (Å²) in [7, 11) is 0. The van der Waals surface area contributed by atoms with Gasteiger partial charge in [0.05, 0.1) is 23.9 Å². The summed E-state index contributed by atoms with van der Waals surface area (Å²) >= 11 is 0. The zero-order valence-electron chi connectivity index (χ0n) is 10.7. The largest absolute Gasteiger partial charge is 0.416 e. The van der Waals surface area contributed by atoms with E-state index >= 15 is 0 Å². The van der Waals surface area contributed by atoms with E-state index in [1.54, 1.807) is 6.07 Å². The Kier molecular flexibility index (Phi) is 3.87. The molecule has 106 valence electrons. The second-order valence-corrected chi connectivity index (χ2v) is 4.97. The Hall–Kier alpha value is -1.07. The van der Waals surface area contributed by atoms with Crippen molar-refractivity contribution in [2.24, 2.45) is 0 Å². The van der Waals surface area contributed by atoms with Crippen molar-refractivity contribution in [1.29, 1.82) is 0 Å². The summed E-state index contributed by atoms with van der Waals surface area (Å²) in [5.74, 6) is 0. The molecule has 0 aromatic heterocycles. The molecule has 0 bridgehead atoms. The highest BCUT2D eigenvalue weighted by Gasteiger charge is 2.38. The second kappa shape index (κ2) is 5.13. The van der Waals surface area contributed by atoms with Crippen LogP contribution in [0, 0.1) is 0 Å². The van der Waals surface area contributed by atoms with Crippen molar-refractivity contribution in [2.75, 3.05) is 6.61 Å². The first kappa shape index (κ1) is 14.3. The number of benzene rings is 1. The van der Waals surface area contributed by atoms with Gasteiger partial charge in [0.25, 0.3) is 0 Å². The number of aliphatic hydroxyl groups is 1. The highest BCUT2D eigenvalue weighted by Crippen LogP contribution is 2.38. The van der Waals surface area contributed by atoms with Gasteiger partial charge >= 0.3 is 6.18 Å². The third-order valence-corrected chi connectivity index (χ3v) is 3.62. The van der Waals surface area contributed by atoms with Gasteiger partial charge in [0.2, 0.25) is 0 Å². The molecule has 1 saturated heterocycles. The Morgan fingerprint density at radius 1 is 1.42 bits per heavy atom. The van der Waals surface area contributed by atoms with Crippen LogP contribution in [0.1, 0.15) is 37.3 Å². The van der Waals surface area contributed by atoms with Gasteiger partial charge in [0.15, 0.2) is 0 Å². The van der Waals surface area contributed by atoms with Gasteiger partial charge in [-0.1, -0.05) is 19.1 Å². The van der Waals surface area contributed by atoms with Crippen LogP contribution in [0.3, 0.4) is 0 Å². The van der Waals surface area contributed by atoms with E-state index in [1.165, 1.54) is 6.07 Å². The summed E-state index contributed by atoms with van der Waals surface area (Å²) < 4.78 is 43.5. The molecule has 2 atom stereocenters. The molecule has 1 N–H and O–H groups in total. The fourth-order valence-corrected chi connectivity index (χ4v) is 2.44. The van der Waals surface area contributed by atoms with Crippen LogP contribution in [0.25, 0.3) is 0 Å². The lowest BCUT2D eigenvalue weighted by molar-refractivity contribution is -0.138. The molecule has 1 aliphatic rings. The number of rotatable bonds is 2. The SMILES string of the molecule is CCC1CC(O)(c2cccc(C(F)(F)F)c2)CCO1. The lowest BCUT2D eigenvalue weighted by atomic mass is 9.82. The van der Waals surface area contributed by atoms with Gasteiger partial charge in [0, 0.05) is 12.8 Å². The zero-order chi connectivity index (χ0) is 14.1. The van der Waals surface area contributed by atoms with E-state index in [0.717, 1.165) is 18.6 Å². The van der Waals surface area contributed by atoms with Crippen molar-refractivity contribution in [3.8, 4) is 0 Å². The zero-order valence-corrected chi connectivity index (χ0v) is 10.7. The van der Waals surface area contributed by atoms with Gasteiger partial charge < -0.3 is 9.84 Å². The second-order valence-electron chi connectivity index (χ2n) is 4.97. The van der Waals surface area contributed by atoms with Crippen molar-refractivity contribution in [3.05, 3.63) is 35.4 Å². The maximum absolute atomic E-state index is 12.7. The first-order valence-electron chi connectivity index (χ1n) is 6.37. The van der Waals surface area contributed by atoms with Gasteiger partial charge in [-0.2, -0.15) is 13.2 Å². The van der Waals surface area contributed by atoms with Crippen molar-refractivity contribution >= 4 is 0 Å². The van der Waals surface area contributed by atoms with Gasteiger partial charge in [0.1, 0.15) is 0 Å². The molecular formula is C14H17F3O2. The predicted octanol–water partition coefficient (Wildman–Crippen LogP) is 3.48. The van der Waals surface area contributed by atoms with Crippen LogP contribution in [-0.2, 0) is 16.5 Å². The molecule has 19 heavy (non-hydrogen) atoms. The average Bonchev–Trinajstić information content (AvgIpc) is 2.38. The minimum Gasteiger partial charge on any atom is -0.385 e. The topological polar surface area (TPSA) is 29.5 Å². The summed E-state index contributed by atoms with van der Waals surface area (Å²) in [4.78, 5) is 0. The molecule has 1 aromatic carbocycles. The van der Waals surface area contributed by atoms with E-state index in [4.69, 9.17) is 4.74 Å². The number of hydrogen-bond donors (Lipinski definition) is 1. The van der Waals surface area contributed by atoms with Crippen LogP contribution in [0.4, 0.5) is 13.2 Å². The normalized spacial score (nSPS) is 28.4. The molecule has 1 aliphatic heterocycles. The number of alkyl halides is 3. The fraction of sp³-hybridized carbons (Fsp3) is 0.571. The van der Waals surface area contributed by atoms with Crippen molar-refractivity contribution < 1.29 is 23.0 Å². The molecule has 1 aromatic rings. The quantitative estimate of drug-likeness (QED) is 0.894. The molecule has 1 fully saturated rings. The molecular weight excluding hydrogens is 257 g/mol. The highest BCUT2D eigenvalue weighted by atomic mass is 19.4. The molecule has 0 radical (unpaired) electrons. The Labute approximate surface area is 110 Å². The van der Waals surface area contributed by atoms with Crippen LogP contribution in [0.5, 0.6) is 0 Å². The molecule has 2 nitrogen and oxygen atoms in total. The predicted molar refractivity (Wildman–Crippen MR) is 64.6 cm³/mol. The fourth-order valence-electron chi connectivity index (χ4n) is 2.44. The van der Waals surface area contributed by atoms with Gasteiger partial charge in [-0.05, 0) is 24.1 Å². The molecule has 2 rings (SSSR count). The average molecular weight is 274 g/mol. The Morgan fingerprint density at radius 2 is 2.16 bits per heavy atom. The van der Waals surface area contributed by atoms with E-state index in [9.17, 15) is 18.3 Å². The molecule has 0 saturated carbocycles. The Bertz CT molecular complexity index is 445. The van der Waals surface area contributed by atoms with Gasteiger partial charge in [-0.3, -0.25) is 0 Å². The van der Waals surface area contributed by atoms with E-state index in [1.807, 2.05) is 6.92 Å². The van der Waals surface area contributed by atoms with Crippen LogP contribution < -0.4 is 0 Å². The van der Waals surface area contributed by atoms with Crippen molar-refractivity contribution in [2.45, 2.75) is 44.1 Å². The van der Waals surface area contributed by atoms with Gasteiger partial charge in [-0.15, -0.1) is 0 Å². The molecule has 0 aliphatic carbocycles. The standard InChI is InChI=1S/C14H17F3O2/c1-2-12-9-13(18,6-7-19-12)10-4-3-5-11(8-10)14(15,16)17/h3-5,8,12,18H,2,6-7,9H2,1H3. The summed E-state index contributed by atoms with van der Waals surface area (Å²) in [6.07, 6.45) is -3.09. The maximum atomic E-state index is 12.7. The number of halogens is 3. The van der Waals surface area contributed by atoms with E-state index in [-0.39, 0.29) is 6.10 Å². The third-order valence-electron chi connectivity index (χ3n) is 3.62. The number of ether oxygens (including phenoxy) is 1. The molecule has 0 spiro atoms. The van der Waals surface area contributed by atoms with Crippen molar-refractivity contribution in [3.63, 3.8) is 0 Å². The van der Waals surface area contributed by atoms with Crippen molar-refractivity contribution in [1.82, 2.24) is 0 Å². The highest BCUT2D eigenvalue weighted by molar-refractivity contribution is 5.30. The molecule has 1 heterocycles. The summed E-state index contributed by atoms with van der Waals surface area (Å²) in [5.41, 5.74) is -1.62. The van der Waals surface area contributed by atoms with Gasteiger partial charge in [-0.25, -0.2) is 0 Å². The minimum absolute atomic E-state index is 0.103. The molecule has 0 amide bonds. The van der Waals surface area contributed by atoms with Crippen LogP contribution in [0.2, 0.25) is 0 Å².